The van der Waals surface area contributed by atoms with Gasteiger partial charge in [0.05, 0.1) is 0 Å². The summed E-state index contributed by atoms with van der Waals surface area (Å²) in [6.07, 6.45) is 5.96. The molecule has 0 saturated carbocycles. The number of hydrogen-bond acceptors (Lipinski definition) is 2. The molecule has 0 radical (unpaired) electrons. The molecule has 1 aromatic heterocycles. The topological polar surface area (TPSA) is 12.0 Å². The summed E-state index contributed by atoms with van der Waals surface area (Å²) in [5, 5.41) is 5.28. The Labute approximate surface area is 117 Å². The minimum absolute atomic E-state index is 0.178. The van der Waals surface area contributed by atoms with E-state index < -0.39 is 0 Å². The molecule has 1 atom stereocenters. The van der Waals surface area contributed by atoms with Crippen LogP contribution in [0.5, 0.6) is 0 Å². The van der Waals surface area contributed by atoms with E-state index in [1.807, 2.05) is 36.6 Å². The van der Waals surface area contributed by atoms with Crippen molar-refractivity contribution in [1.29, 1.82) is 0 Å². The van der Waals surface area contributed by atoms with Gasteiger partial charge in [0.2, 0.25) is 0 Å². The molecule has 1 nitrogen and oxygen atoms in total. The number of rotatable bonds is 5. The van der Waals surface area contributed by atoms with Crippen LogP contribution in [-0.2, 0) is 6.54 Å². The Morgan fingerprint density at radius 3 is 2.95 bits per heavy atom. The van der Waals surface area contributed by atoms with Gasteiger partial charge in [0.25, 0.3) is 0 Å². The van der Waals surface area contributed by atoms with E-state index >= 15 is 0 Å². The fraction of sp³-hybridized carbons (Fsp3) is 0.250. The first-order valence-electron chi connectivity index (χ1n) is 6.20. The molecule has 2 aromatic rings. The summed E-state index contributed by atoms with van der Waals surface area (Å²) >= 11 is 1.54. The third-order valence-electron chi connectivity index (χ3n) is 2.90. The predicted molar refractivity (Wildman–Crippen MR) is 79.5 cm³/mol. The van der Waals surface area contributed by atoms with Crippen molar-refractivity contribution in [2.45, 2.75) is 25.9 Å². The summed E-state index contributed by atoms with van der Waals surface area (Å²) < 4.78 is 13.8. The molecule has 1 heterocycles. The summed E-state index contributed by atoms with van der Waals surface area (Å²) in [5.41, 5.74) is 1.73. The number of thiophene rings is 1. The third kappa shape index (κ3) is 3.66. The molecule has 2 rings (SSSR count). The van der Waals surface area contributed by atoms with Gasteiger partial charge in [0, 0.05) is 29.4 Å². The van der Waals surface area contributed by atoms with Crippen molar-refractivity contribution in [3.8, 4) is 22.8 Å². The van der Waals surface area contributed by atoms with Gasteiger partial charge in [-0.1, -0.05) is 12.1 Å². The van der Waals surface area contributed by atoms with E-state index in [-0.39, 0.29) is 11.9 Å². The zero-order valence-corrected chi connectivity index (χ0v) is 11.6. The number of benzene rings is 1. The zero-order valence-electron chi connectivity index (χ0n) is 10.8. The molecule has 1 unspecified atom stereocenters. The molecule has 1 N–H and O–H groups in total. The van der Waals surface area contributed by atoms with Gasteiger partial charge in [-0.25, -0.2) is 4.39 Å². The molecule has 0 aliphatic rings. The lowest BCUT2D eigenvalue weighted by Gasteiger charge is -2.11. The van der Waals surface area contributed by atoms with E-state index in [4.69, 9.17) is 6.42 Å². The van der Waals surface area contributed by atoms with Gasteiger partial charge in [-0.05, 0) is 36.1 Å². The smallest absolute Gasteiger partial charge is 0.131 e. The van der Waals surface area contributed by atoms with Gasteiger partial charge in [0.1, 0.15) is 5.82 Å². The Morgan fingerprint density at radius 1 is 1.42 bits per heavy atom. The lowest BCUT2D eigenvalue weighted by Crippen LogP contribution is -2.24. The van der Waals surface area contributed by atoms with Gasteiger partial charge in [-0.2, -0.15) is 0 Å². The number of nitrogens with one attached hydrogen (secondary N) is 1. The summed E-state index contributed by atoms with van der Waals surface area (Å²) in [5.74, 6) is 2.45. The highest BCUT2D eigenvalue weighted by Crippen LogP contribution is 2.28. The van der Waals surface area contributed by atoms with Crippen LogP contribution in [0.1, 0.15) is 18.9 Å². The lowest BCUT2D eigenvalue weighted by atomic mass is 10.1. The van der Waals surface area contributed by atoms with Crippen LogP contribution in [0.15, 0.2) is 35.7 Å². The standard InChI is InChI=1S/C16H16FNS/c1-3-5-12(2)18-11-13-7-8-15(17)14(10-13)16-6-4-9-19-16/h1,4,6-10,12,18H,5,11H2,2H3. The zero-order chi connectivity index (χ0) is 13.7. The van der Waals surface area contributed by atoms with Crippen LogP contribution >= 0.6 is 11.3 Å². The molecule has 98 valence electrons. The highest BCUT2D eigenvalue weighted by molar-refractivity contribution is 7.13. The van der Waals surface area contributed by atoms with Crippen molar-refractivity contribution >= 4 is 11.3 Å². The molecule has 0 bridgehead atoms. The molecule has 0 saturated heterocycles. The molecule has 19 heavy (non-hydrogen) atoms. The average molecular weight is 273 g/mol. The molecule has 0 aliphatic heterocycles. The fourth-order valence-electron chi connectivity index (χ4n) is 1.84. The highest BCUT2D eigenvalue weighted by atomic mass is 32.1. The van der Waals surface area contributed by atoms with Crippen molar-refractivity contribution in [3.05, 3.63) is 47.1 Å². The van der Waals surface area contributed by atoms with Crippen molar-refractivity contribution in [2.75, 3.05) is 0 Å². The number of halogens is 1. The Bertz CT molecular complexity index is 569. The van der Waals surface area contributed by atoms with Crippen LogP contribution in [0.2, 0.25) is 0 Å². The van der Waals surface area contributed by atoms with Crippen molar-refractivity contribution in [1.82, 2.24) is 5.32 Å². The van der Waals surface area contributed by atoms with Gasteiger partial charge in [0.15, 0.2) is 0 Å². The monoisotopic (exact) mass is 273 g/mol. The van der Waals surface area contributed by atoms with Crippen molar-refractivity contribution in [2.24, 2.45) is 0 Å². The normalized spacial score (nSPS) is 12.1. The second-order valence-electron chi connectivity index (χ2n) is 4.48. The van der Waals surface area contributed by atoms with Crippen LogP contribution in [0.25, 0.3) is 10.4 Å². The minimum Gasteiger partial charge on any atom is -0.309 e. The Balaban J connectivity index is 2.11. The molecule has 0 aliphatic carbocycles. The fourth-order valence-corrected chi connectivity index (χ4v) is 2.59. The highest BCUT2D eigenvalue weighted by Gasteiger charge is 2.08. The van der Waals surface area contributed by atoms with Gasteiger partial charge in [-0.15, -0.1) is 23.7 Å². The van der Waals surface area contributed by atoms with Crippen molar-refractivity contribution < 1.29 is 4.39 Å². The average Bonchev–Trinajstić information content (AvgIpc) is 2.92. The molecule has 3 heteroatoms. The largest absolute Gasteiger partial charge is 0.309 e. The van der Waals surface area contributed by atoms with Crippen LogP contribution < -0.4 is 5.32 Å². The summed E-state index contributed by atoms with van der Waals surface area (Å²) in [4.78, 5) is 0.955. The molecular formula is C16H16FNS. The van der Waals surface area contributed by atoms with Crippen LogP contribution in [0, 0.1) is 18.2 Å². The Morgan fingerprint density at radius 2 is 2.26 bits per heavy atom. The van der Waals surface area contributed by atoms with E-state index in [1.54, 1.807) is 11.3 Å². The minimum atomic E-state index is -0.178. The first kappa shape index (κ1) is 13.8. The first-order valence-corrected chi connectivity index (χ1v) is 7.08. The van der Waals surface area contributed by atoms with Crippen molar-refractivity contribution in [3.63, 3.8) is 0 Å². The maximum Gasteiger partial charge on any atom is 0.131 e. The number of hydrogen-bond donors (Lipinski definition) is 1. The molecule has 0 amide bonds. The van der Waals surface area contributed by atoms with E-state index in [2.05, 4.69) is 11.2 Å². The lowest BCUT2D eigenvalue weighted by molar-refractivity contribution is 0.558. The second kappa shape index (κ2) is 6.51. The third-order valence-corrected chi connectivity index (χ3v) is 3.80. The summed E-state index contributed by atoms with van der Waals surface area (Å²) in [7, 11) is 0. The second-order valence-corrected chi connectivity index (χ2v) is 5.43. The van der Waals surface area contributed by atoms with E-state index in [0.29, 0.717) is 18.5 Å². The molecular weight excluding hydrogens is 257 g/mol. The van der Waals surface area contributed by atoms with Crippen LogP contribution in [-0.4, -0.2) is 6.04 Å². The quantitative estimate of drug-likeness (QED) is 0.810. The van der Waals surface area contributed by atoms with Gasteiger partial charge >= 0.3 is 0 Å². The van der Waals surface area contributed by atoms with Crippen LogP contribution in [0.4, 0.5) is 4.39 Å². The van der Waals surface area contributed by atoms with Gasteiger partial charge < -0.3 is 5.32 Å². The molecule has 1 aromatic carbocycles. The van der Waals surface area contributed by atoms with Crippen LogP contribution in [0.3, 0.4) is 0 Å². The Hall–Kier alpha value is -1.63. The van der Waals surface area contributed by atoms with Gasteiger partial charge in [-0.3, -0.25) is 0 Å². The number of terminal acetylenes is 1. The summed E-state index contributed by atoms with van der Waals surface area (Å²) in [6, 6.07) is 9.36. The summed E-state index contributed by atoms with van der Waals surface area (Å²) in [6.45, 7) is 2.74. The SMILES string of the molecule is C#CCC(C)NCc1ccc(F)c(-c2cccs2)c1. The van der Waals surface area contributed by atoms with E-state index in [0.717, 1.165) is 10.4 Å². The van der Waals surface area contributed by atoms with E-state index in [9.17, 15) is 4.39 Å². The maximum absolute atomic E-state index is 13.8. The maximum atomic E-state index is 13.8. The Kier molecular flexibility index (Phi) is 4.73. The molecule has 0 spiro atoms. The predicted octanol–water partition coefficient (Wildman–Crippen LogP) is 4.06. The van der Waals surface area contributed by atoms with E-state index in [1.165, 1.54) is 6.07 Å². The first-order chi connectivity index (χ1) is 9.20. The molecule has 0 fully saturated rings.